The molecule has 2 aliphatic heterocycles. The summed E-state index contributed by atoms with van der Waals surface area (Å²) in [5.41, 5.74) is 0.111. The molecular weight excluding hydrogens is 247 g/mol. The smallest absolute Gasteiger partial charge is 0.256 e. The monoisotopic (exact) mass is 262 g/mol. The Morgan fingerprint density at radius 2 is 2.05 bits per heavy atom. The molecule has 2 fully saturated rings. The minimum Gasteiger partial charge on any atom is -0.336 e. The van der Waals surface area contributed by atoms with E-state index in [1.165, 1.54) is 12.1 Å². The predicted octanol–water partition coefficient (Wildman–Crippen LogP) is 1.27. The minimum absolute atomic E-state index is 0.108. The molecule has 2 amide bonds. The molecule has 0 aromatic heterocycles. The van der Waals surface area contributed by atoms with Gasteiger partial charge in [-0.05, 0) is 18.6 Å². The lowest BCUT2D eigenvalue weighted by Crippen LogP contribution is -2.53. The highest BCUT2D eigenvalue weighted by Gasteiger charge is 2.37. The topological polar surface area (TPSA) is 40.6 Å². The molecule has 19 heavy (non-hydrogen) atoms. The van der Waals surface area contributed by atoms with E-state index >= 15 is 0 Å². The van der Waals surface area contributed by atoms with Gasteiger partial charge in [-0.2, -0.15) is 0 Å². The SMILES string of the molecule is O=C(c1ccccc1F)N1CCN2C(=O)CC[C@@H]2C1. The number of amides is 2. The standard InChI is InChI=1S/C14H15FN2O2/c15-12-4-2-1-3-11(12)14(19)16-7-8-17-10(9-16)5-6-13(17)18/h1-4,10H,5-9H2/t10-/m1/s1. The summed E-state index contributed by atoms with van der Waals surface area (Å²) < 4.78 is 13.6. The van der Waals surface area contributed by atoms with E-state index in [1.54, 1.807) is 17.0 Å². The molecular formula is C14H15FN2O2. The summed E-state index contributed by atoms with van der Waals surface area (Å²) in [6.07, 6.45) is 1.35. The molecule has 5 heteroatoms. The Morgan fingerprint density at radius 3 is 2.84 bits per heavy atom. The molecule has 2 heterocycles. The van der Waals surface area contributed by atoms with Gasteiger partial charge < -0.3 is 9.80 Å². The third kappa shape index (κ3) is 2.09. The van der Waals surface area contributed by atoms with Crippen LogP contribution in [0.1, 0.15) is 23.2 Å². The molecule has 100 valence electrons. The van der Waals surface area contributed by atoms with Crippen molar-refractivity contribution >= 4 is 11.8 Å². The van der Waals surface area contributed by atoms with Crippen molar-refractivity contribution in [2.24, 2.45) is 0 Å². The first-order chi connectivity index (χ1) is 9.16. The van der Waals surface area contributed by atoms with Gasteiger partial charge in [-0.3, -0.25) is 9.59 Å². The molecule has 0 radical (unpaired) electrons. The molecule has 0 spiro atoms. The highest BCUT2D eigenvalue weighted by atomic mass is 19.1. The summed E-state index contributed by atoms with van der Waals surface area (Å²) in [6.45, 7) is 1.55. The summed E-state index contributed by atoms with van der Waals surface area (Å²) in [4.78, 5) is 27.3. The maximum Gasteiger partial charge on any atom is 0.256 e. The first kappa shape index (κ1) is 12.1. The van der Waals surface area contributed by atoms with Crippen molar-refractivity contribution in [2.75, 3.05) is 19.6 Å². The number of fused-ring (bicyclic) bond motifs is 1. The third-order valence-corrected chi connectivity index (χ3v) is 3.89. The second-order valence-electron chi connectivity index (χ2n) is 5.01. The Hall–Kier alpha value is -1.91. The van der Waals surface area contributed by atoms with E-state index in [4.69, 9.17) is 0 Å². The number of halogens is 1. The number of hydrogen-bond acceptors (Lipinski definition) is 2. The van der Waals surface area contributed by atoms with E-state index in [2.05, 4.69) is 0 Å². The molecule has 3 rings (SSSR count). The Labute approximate surface area is 110 Å². The first-order valence-corrected chi connectivity index (χ1v) is 6.50. The average molecular weight is 262 g/mol. The van der Waals surface area contributed by atoms with E-state index in [-0.39, 0.29) is 23.4 Å². The van der Waals surface area contributed by atoms with Crippen molar-refractivity contribution < 1.29 is 14.0 Å². The quantitative estimate of drug-likeness (QED) is 0.764. The Balaban J connectivity index is 1.76. The van der Waals surface area contributed by atoms with E-state index < -0.39 is 5.82 Å². The number of hydrogen-bond donors (Lipinski definition) is 0. The van der Waals surface area contributed by atoms with Gasteiger partial charge in [-0.1, -0.05) is 12.1 Å². The van der Waals surface area contributed by atoms with Gasteiger partial charge in [0.2, 0.25) is 5.91 Å². The summed E-state index contributed by atoms with van der Waals surface area (Å²) in [5, 5.41) is 0. The fourth-order valence-electron chi connectivity index (χ4n) is 2.85. The van der Waals surface area contributed by atoms with E-state index in [0.29, 0.717) is 26.1 Å². The second-order valence-corrected chi connectivity index (χ2v) is 5.01. The zero-order valence-corrected chi connectivity index (χ0v) is 10.5. The van der Waals surface area contributed by atoms with E-state index in [1.807, 2.05) is 4.90 Å². The molecule has 2 saturated heterocycles. The molecule has 2 aliphatic rings. The van der Waals surface area contributed by atoms with Crippen LogP contribution in [0.4, 0.5) is 4.39 Å². The van der Waals surface area contributed by atoms with Gasteiger partial charge in [-0.15, -0.1) is 0 Å². The van der Waals surface area contributed by atoms with Crippen LogP contribution in [0.25, 0.3) is 0 Å². The summed E-state index contributed by atoms with van der Waals surface area (Å²) >= 11 is 0. The largest absolute Gasteiger partial charge is 0.336 e. The van der Waals surface area contributed by atoms with Crippen LogP contribution in [-0.4, -0.2) is 47.3 Å². The van der Waals surface area contributed by atoms with Gasteiger partial charge in [0, 0.05) is 32.1 Å². The van der Waals surface area contributed by atoms with Crippen molar-refractivity contribution in [1.29, 1.82) is 0 Å². The van der Waals surface area contributed by atoms with Gasteiger partial charge in [-0.25, -0.2) is 4.39 Å². The zero-order chi connectivity index (χ0) is 13.4. The lowest BCUT2D eigenvalue weighted by Gasteiger charge is -2.37. The second kappa shape index (κ2) is 4.64. The van der Waals surface area contributed by atoms with Crippen molar-refractivity contribution in [2.45, 2.75) is 18.9 Å². The molecule has 0 aliphatic carbocycles. The molecule has 0 N–H and O–H groups in total. The van der Waals surface area contributed by atoms with Crippen molar-refractivity contribution in [3.05, 3.63) is 35.6 Å². The molecule has 0 bridgehead atoms. The lowest BCUT2D eigenvalue weighted by atomic mass is 10.1. The van der Waals surface area contributed by atoms with Gasteiger partial charge in [0.15, 0.2) is 0 Å². The molecule has 0 saturated carbocycles. The van der Waals surface area contributed by atoms with Crippen LogP contribution in [0, 0.1) is 5.82 Å². The fraction of sp³-hybridized carbons (Fsp3) is 0.429. The fourth-order valence-corrected chi connectivity index (χ4v) is 2.85. The van der Waals surface area contributed by atoms with Crippen molar-refractivity contribution in [1.82, 2.24) is 9.80 Å². The molecule has 0 unspecified atom stereocenters. The number of benzene rings is 1. The third-order valence-electron chi connectivity index (χ3n) is 3.89. The summed E-state index contributed by atoms with van der Waals surface area (Å²) in [5.74, 6) is -0.600. The van der Waals surface area contributed by atoms with Crippen LogP contribution in [-0.2, 0) is 4.79 Å². The van der Waals surface area contributed by atoms with Gasteiger partial charge >= 0.3 is 0 Å². The van der Waals surface area contributed by atoms with Crippen LogP contribution in [0.15, 0.2) is 24.3 Å². The minimum atomic E-state index is -0.488. The van der Waals surface area contributed by atoms with Gasteiger partial charge in [0.25, 0.3) is 5.91 Å². The van der Waals surface area contributed by atoms with E-state index in [0.717, 1.165) is 6.42 Å². The lowest BCUT2D eigenvalue weighted by molar-refractivity contribution is -0.130. The van der Waals surface area contributed by atoms with Crippen LogP contribution >= 0.6 is 0 Å². The molecule has 1 aromatic carbocycles. The van der Waals surface area contributed by atoms with Crippen LogP contribution in [0.3, 0.4) is 0 Å². The number of carbonyl (C=O) groups is 2. The van der Waals surface area contributed by atoms with Crippen molar-refractivity contribution in [3.8, 4) is 0 Å². The highest BCUT2D eigenvalue weighted by molar-refractivity contribution is 5.94. The van der Waals surface area contributed by atoms with Gasteiger partial charge in [0.05, 0.1) is 5.56 Å². The van der Waals surface area contributed by atoms with Crippen molar-refractivity contribution in [3.63, 3.8) is 0 Å². The summed E-state index contributed by atoms with van der Waals surface area (Å²) in [6, 6.07) is 6.13. The van der Waals surface area contributed by atoms with E-state index in [9.17, 15) is 14.0 Å². The number of nitrogens with zero attached hydrogens (tertiary/aromatic N) is 2. The molecule has 1 aromatic rings. The number of piperazine rings is 1. The average Bonchev–Trinajstić information content (AvgIpc) is 2.80. The predicted molar refractivity (Wildman–Crippen MR) is 67.0 cm³/mol. The van der Waals surface area contributed by atoms with Crippen LogP contribution in [0.5, 0.6) is 0 Å². The summed E-state index contributed by atoms with van der Waals surface area (Å²) in [7, 11) is 0. The zero-order valence-electron chi connectivity index (χ0n) is 10.5. The molecule has 1 atom stereocenters. The van der Waals surface area contributed by atoms with Crippen LogP contribution < -0.4 is 0 Å². The Bertz CT molecular complexity index is 532. The number of rotatable bonds is 1. The molecule has 4 nitrogen and oxygen atoms in total. The van der Waals surface area contributed by atoms with Gasteiger partial charge in [0.1, 0.15) is 5.82 Å². The first-order valence-electron chi connectivity index (χ1n) is 6.50. The Kier molecular flexibility index (Phi) is 2.97. The maximum absolute atomic E-state index is 13.6. The highest BCUT2D eigenvalue weighted by Crippen LogP contribution is 2.24. The maximum atomic E-state index is 13.6. The Morgan fingerprint density at radius 1 is 1.26 bits per heavy atom. The van der Waals surface area contributed by atoms with Crippen LogP contribution in [0.2, 0.25) is 0 Å². The normalized spacial score (nSPS) is 22.6. The number of carbonyl (C=O) groups excluding carboxylic acids is 2.